The minimum absolute atomic E-state index is 0. The predicted molar refractivity (Wildman–Crippen MR) is 103 cm³/mol. The molecule has 1 unspecified atom stereocenters. The predicted octanol–water partition coefficient (Wildman–Crippen LogP) is 2.92. The molecule has 2 aliphatic rings. The van der Waals surface area contributed by atoms with E-state index in [4.69, 9.17) is 0 Å². The second-order valence-corrected chi connectivity index (χ2v) is 6.98. The van der Waals surface area contributed by atoms with Gasteiger partial charge in [0.05, 0.1) is 12.6 Å². The van der Waals surface area contributed by atoms with Gasteiger partial charge in [0.25, 0.3) is 5.92 Å². The molecule has 2 saturated heterocycles. The molecule has 8 heteroatoms. The molecule has 2 aliphatic heterocycles. The van der Waals surface area contributed by atoms with E-state index in [1.54, 1.807) is 0 Å². The van der Waals surface area contributed by atoms with Crippen LogP contribution in [0.5, 0.6) is 0 Å². The zero-order valence-electron chi connectivity index (χ0n) is 14.8. The number of amides is 1. The molecule has 1 amide bonds. The van der Waals surface area contributed by atoms with Crippen LogP contribution in [-0.2, 0) is 11.3 Å². The summed E-state index contributed by atoms with van der Waals surface area (Å²) in [6.45, 7) is 4.46. The highest BCUT2D eigenvalue weighted by Gasteiger charge is 2.42. The first kappa shape index (κ1) is 23.1. The van der Waals surface area contributed by atoms with Gasteiger partial charge in [-0.05, 0) is 30.9 Å². The molecule has 2 N–H and O–H groups in total. The Morgan fingerprint density at radius 2 is 1.92 bits per heavy atom. The normalized spacial score (nSPS) is 23.0. The Morgan fingerprint density at radius 3 is 2.50 bits per heavy atom. The molecule has 0 aromatic heterocycles. The first-order chi connectivity index (χ1) is 11.4. The molecule has 0 spiro atoms. The quantitative estimate of drug-likeness (QED) is 0.803. The van der Waals surface area contributed by atoms with Crippen LogP contribution >= 0.6 is 24.8 Å². The summed E-state index contributed by atoms with van der Waals surface area (Å²) in [5, 5.41) is 5.54. The van der Waals surface area contributed by atoms with Crippen LogP contribution in [0.25, 0.3) is 0 Å². The highest BCUT2D eigenvalue weighted by atomic mass is 35.5. The number of aryl methyl sites for hydroxylation is 1. The number of carbonyl (C=O) groups excluding carboxylic acids is 1. The van der Waals surface area contributed by atoms with E-state index in [0.717, 1.165) is 32.5 Å². The van der Waals surface area contributed by atoms with Crippen LogP contribution in [-0.4, -0.2) is 48.4 Å². The molecular formula is C18H27Cl2F2N3O. The molecule has 3 rings (SSSR count). The average molecular weight is 410 g/mol. The van der Waals surface area contributed by atoms with Crippen molar-refractivity contribution in [3.63, 3.8) is 0 Å². The summed E-state index contributed by atoms with van der Waals surface area (Å²) in [5.74, 6) is -3.05. The topological polar surface area (TPSA) is 44.4 Å². The molecule has 2 heterocycles. The van der Waals surface area contributed by atoms with Crippen LogP contribution in [0.2, 0.25) is 0 Å². The Balaban J connectivity index is 0.00000169. The Hall–Kier alpha value is -0.950. The molecular weight excluding hydrogens is 383 g/mol. The van der Waals surface area contributed by atoms with Crippen LogP contribution in [0.3, 0.4) is 0 Å². The van der Waals surface area contributed by atoms with Gasteiger partial charge in [-0.2, -0.15) is 0 Å². The number of halogens is 4. The monoisotopic (exact) mass is 409 g/mol. The van der Waals surface area contributed by atoms with Gasteiger partial charge in [-0.3, -0.25) is 15.0 Å². The number of alkyl halides is 2. The average Bonchev–Trinajstić information content (AvgIpc) is 2.92. The smallest absolute Gasteiger partial charge is 0.262 e. The van der Waals surface area contributed by atoms with Crippen molar-refractivity contribution in [2.75, 3.05) is 19.6 Å². The Bertz CT molecular complexity index is 596. The minimum atomic E-state index is -2.76. The number of hydrogen-bond donors (Lipinski definition) is 2. The lowest BCUT2D eigenvalue weighted by Gasteiger charge is -2.33. The lowest BCUT2D eigenvalue weighted by Crippen LogP contribution is -2.49. The van der Waals surface area contributed by atoms with E-state index in [9.17, 15) is 13.6 Å². The number of hydrogen-bond acceptors (Lipinski definition) is 3. The van der Waals surface area contributed by atoms with Crippen LogP contribution < -0.4 is 10.6 Å². The number of rotatable bonds is 4. The highest BCUT2D eigenvalue weighted by molar-refractivity contribution is 5.85. The van der Waals surface area contributed by atoms with Gasteiger partial charge in [0, 0.05) is 32.1 Å². The summed E-state index contributed by atoms with van der Waals surface area (Å²) in [5.41, 5.74) is 2.62. The third-order valence-electron chi connectivity index (χ3n) is 5.02. The fraction of sp³-hybridized carbons (Fsp3) is 0.611. The van der Waals surface area contributed by atoms with E-state index in [2.05, 4.69) is 40.7 Å². The maximum Gasteiger partial charge on any atom is 0.262 e. The van der Waals surface area contributed by atoms with Crippen molar-refractivity contribution in [1.82, 2.24) is 15.5 Å². The number of carbonyl (C=O) groups is 1. The number of piperidine rings is 1. The number of benzene rings is 1. The van der Waals surface area contributed by atoms with Crippen LogP contribution in [0.15, 0.2) is 24.3 Å². The first-order valence-corrected chi connectivity index (χ1v) is 8.61. The second kappa shape index (κ2) is 9.83. The molecule has 26 heavy (non-hydrogen) atoms. The zero-order valence-corrected chi connectivity index (χ0v) is 16.5. The third kappa shape index (κ3) is 6.05. The van der Waals surface area contributed by atoms with Crippen molar-refractivity contribution in [2.24, 2.45) is 0 Å². The molecule has 1 aromatic carbocycles. The zero-order chi connectivity index (χ0) is 17.2. The first-order valence-electron chi connectivity index (χ1n) is 8.61. The van der Waals surface area contributed by atoms with Crippen molar-refractivity contribution in [2.45, 2.75) is 50.7 Å². The van der Waals surface area contributed by atoms with E-state index in [-0.39, 0.29) is 36.8 Å². The maximum absolute atomic E-state index is 13.2. The van der Waals surface area contributed by atoms with Gasteiger partial charge in [0.15, 0.2) is 0 Å². The Morgan fingerprint density at radius 1 is 1.27 bits per heavy atom. The molecule has 0 radical (unpaired) electrons. The lowest BCUT2D eigenvalue weighted by atomic mass is 10.0. The van der Waals surface area contributed by atoms with Crippen molar-refractivity contribution >= 4 is 30.7 Å². The van der Waals surface area contributed by atoms with E-state index >= 15 is 0 Å². The molecule has 0 saturated carbocycles. The van der Waals surface area contributed by atoms with Crippen LogP contribution in [0.1, 0.15) is 30.4 Å². The van der Waals surface area contributed by atoms with Gasteiger partial charge in [-0.15, -0.1) is 24.8 Å². The molecule has 2 fully saturated rings. The number of likely N-dealkylation sites (tertiary alicyclic amines) is 1. The Labute approximate surface area is 165 Å². The van der Waals surface area contributed by atoms with Crippen LogP contribution in [0, 0.1) is 6.92 Å². The van der Waals surface area contributed by atoms with Gasteiger partial charge >= 0.3 is 0 Å². The van der Waals surface area contributed by atoms with Gasteiger partial charge < -0.3 is 5.32 Å². The largest absolute Gasteiger partial charge is 0.352 e. The molecule has 1 atom stereocenters. The van der Waals surface area contributed by atoms with Gasteiger partial charge in [0.1, 0.15) is 0 Å². The summed E-state index contributed by atoms with van der Waals surface area (Å²) in [7, 11) is 0. The van der Waals surface area contributed by atoms with Crippen molar-refractivity contribution in [3.8, 4) is 0 Å². The lowest BCUT2D eigenvalue weighted by molar-refractivity contribution is -0.124. The fourth-order valence-corrected chi connectivity index (χ4v) is 3.47. The number of nitrogens with zero attached hydrogens (tertiary/aromatic N) is 1. The van der Waals surface area contributed by atoms with Gasteiger partial charge in [-0.25, -0.2) is 8.78 Å². The molecule has 4 nitrogen and oxygen atoms in total. The highest BCUT2D eigenvalue weighted by Crippen LogP contribution is 2.25. The summed E-state index contributed by atoms with van der Waals surface area (Å²) >= 11 is 0. The van der Waals surface area contributed by atoms with Crippen molar-refractivity contribution < 1.29 is 13.6 Å². The maximum atomic E-state index is 13.2. The van der Waals surface area contributed by atoms with E-state index in [1.807, 2.05) is 6.07 Å². The number of nitrogens with one attached hydrogen (secondary N) is 2. The summed E-state index contributed by atoms with van der Waals surface area (Å²) in [6, 6.07) is 7.69. The second-order valence-electron chi connectivity index (χ2n) is 6.98. The van der Waals surface area contributed by atoms with E-state index < -0.39 is 24.9 Å². The minimum Gasteiger partial charge on any atom is -0.352 e. The van der Waals surface area contributed by atoms with Gasteiger partial charge in [0.2, 0.25) is 5.91 Å². The van der Waals surface area contributed by atoms with Crippen LogP contribution in [0.4, 0.5) is 8.78 Å². The summed E-state index contributed by atoms with van der Waals surface area (Å²) in [4.78, 5) is 14.5. The summed E-state index contributed by atoms with van der Waals surface area (Å²) < 4.78 is 26.4. The molecule has 148 valence electrons. The Kier molecular flexibility index (Phi) is 8.73. The van der Waals surface area contributed by atoms with Gasteiger partial charge in [-0.1, -0.05) is 24.3 Å². The third-order valence-corrected chi connectivity index (χ3v) is 5.02. The summed E-state index contributed by atoms with van der Waals surface area (Å²) in [6.07, 6.45) is 1.33. The fourth-order valence-electron chi connectivity index (χ4n) is 3.47. The molecule has 1 aromatic rings. The SMILES string of the molecule is Cc1ccccc1CN1CCC(NC(=O)C2CC(F)(F)CN2)CC1.Cl.Cl. The van der Waals surface area contributed by atoms with Crippen molar-refractivity contribution in [3.05, 3.63) is 35.4 Å². The van der Waals surface area contributed by atoms with Crippen molar-refractivity contribution in [1.29, 1.82) is 0 Å². The van der Waals surface area contributed by atoms with E-state index in [0.29, 0.717) is 0 Å². The standard InChI is InChI=1S/C18H25F2N3O.2ClH/c1-13-4-2-3-5-14(13)11-23-8-6-15(7-9-23)22-17(24)16-10-18(19,20)12-21-16;;/h2-5,15-16,21H,6-12H2,1H3,(H,22,24);2*1H. The molecule has 0 bridgehead atoms. The van der Waals surface area contributed by atoms with E-state index in [1.165, 1.54) is 11.1 Å². The molecule has 0 aliphatic carbocycles.